The molecule has 0 aromatic rings. The average molecular weight is 96.2 g/mol. The topological polar surface area (TPSA) is 52.0 Å². The summed E-state index contributed by atoms with van der Waals surface area (Å²) in [5.41, 5.74) is 9.75. The second kappa shape index (κ2) is 3.12. The van der Waals surface area contributed by atoms with Gasteiger partial charge >= 0.3 is 0 Å². The standard InChI is InChI=1S/C4H12N2/c1-2-3-4(5)6/h4H,2-3,5-6H2,1H3/i1D3,2D2,3D2,4D. The maximum Gasteiger partial charge on any atom is 0.0631 e. The van der Waals surface area contributed by atoms with Crippen LogP contribution >= 0.6 is 0 Å². The molecule has 0 aromatic carbocycles. The zero-order valence-electron chi connectivity index (χ0n) is 11.2. The molecule has 2 nitrogen and oxygen atoms in total. The van der Waals surface area contributed by atoms with E-state index >= 15 is 0 Å². The Bertz CT molecular complexity index is 188. The lowest BCUT2D eigenvalue weighted by Crippen LogP contribution is -2.29. The van der Waals surface area contributed by atoms with Crippen molar-refractivity contribution in [3.05, 3.63) is 0 Å². The lowest BCUT2D eigenvalue weighted by molar-refractivity contribution is 0.627. The van der Waals surface area contributed by atoms with Crippen LogP contribution in [0.2, 0.25) is 0 Å². The van der Waals surface area contributed by atoms with Crippen LogP contribution in [0.5, 0.6) is 0 Å². The van der Waals surface area contributed by atoms with Crippen LogP contribution in [0.15, 0.2) is 0 Å². The Morgan fingerprint density at radius 2 is 2.83 bits per heavy atom. The van der Waals surface area contributed by atoms with Crippen LogP contribution in [-0.2, 0) is 0 Å². The second-order valence-electron chi connectivity index (χ2n) is 0.705. The van der Waals surface area contributed by atoms with Gasteiger partial charge in [0, 0.05) is 9.60 Å². The first kappa shape index (κ1) is 0.858. The summed E-state index contributed by atoms with van der Waals surface area (Å²) >= 11 is 0. The van der Waals surface area contributed by atoms with Gasteiger partial charge in [0.05, 0.1) is 7.51 Å². The molecule has 0 saturated carbocycles. The maximum atomic E-state index is 7.13. The van der Waals surface area contributed by atoms with Gasteiger partial charge in [-0.3, -0.25) is 0 Å². The van der Waals surface area contributed by atoms with Gasteiger partial charge in [-0.15, -0.1) is 0 Å². The first-order valence-corrected chi connectivity index (χ1v) is 1.33. The fourth-order valence-electron chi connectivity index (χ4n) is 0.0722. The molecular weight excluding hydrogens is 76.1 g/mol. The first-order valence-electron chi connectivity index (χ1n) is 5.33. The lowest BCUT2D eigenvalue weighted by atomic mass is 10.3. The van der Waals surface area contributed by atoms with Gasteiger partial charge in [-0.05, 0) is 6.37 Å². The van der Waals surface area contributed by atoms with Crippen LogP contribution in [0.1, 0.15) is 30.6 Å². The van der Waals surface area contributed by atoms with Gasteiger partial charge in [-0.2, -0.15) is 0 Å². The fraction of sp³-hybridized carbons (Fsp3) is 1.00. The molecule has 0 rings (SSSR count). The molecule has 0 atom stereocenters. The largest absolute Gasteiger partial charge is 0.316 e. The Morgan fingerprint density at radius 3 is 3.00 bits per heavy atom. The van der Waals surface area contributed by atoms with Crippen molar-refractivity contribution >= 4 is 0 Å². The molecule has 0 radical (unpaired) electrons. The van der Waals surface area contributed by atoms with Gasteiger partial charge in [-0.25, -0.2) is 0 Å². The van der Waals surface area contributed by atoms with Crippen LogP contribution in [0.25, 0.3) is 0 Å². The van der Waals surface area contributed by atoms with E-state index in [0.717, 1.165) is 0 Å². The molecule has 0 aromatic heterocycles. The van der Waals surface area contributed by atoms with E-state index in [1.165, 1.54) is 0 Å². The smallest absolute Gasteiger partial charge is 0.0631 e. The van der Waals surface area contributed by atoms with Crippen molar-refractivity contribution in [3.63, 3.8) is 0 Å². The summed E-state index contributed by atoms with van der Waals surface area (Å²) in [4.78, 5) is 0. The molecule has 0 spiro atoms. The highest BCUT2D eigenvalue weighted by Gasteiger charge is 1.85. The SMILES string of the molecule is [2H]C([2H])([2H])C([2H])([2H])C([2H])([2H])C([2H])(N)N. The number of nitrogens with two attached hydrogens (primary N) is 2. The number of hydrogen-bond acceptors (Lipinski definition) is 2. The minimum atomic E-state index is -3.29. The highest BCUT2D eigenvalue weighted by molar-refractivity contribution is 4.45. The molecule has 38 valence electrons. The second-order valence-corrected chi connectivity index (χ2v) is 0.705. The number of hydrogen-bond donors (Lipinski definition) is 2. The van der Waals surface area contributed by atoms with Gasteiger partial charge in [0.15, 0.2) is 0 Å². The van der Waals surface area contributed by atoms with Crippen LogP contribution in [0.3, 0.4) is 0 Å². The van der Waals surface area contributed by atoms with Gasteiger partial charge in [0.25, 0.3) is 0 Å². The third-order valence-electron chi connectivity index (χ3n) is 0.207. The molecular formula is C4H12N2. The summed E-state index contributed by atoms with van der Waals surface area (Å²) in [6.45, 7) is -3.23. The molecule has 0 unspecified atom stereocenters. The zero-order chi connectivity index (χ0) is 12.0. The van der Waals surface area contributed by atoms with Crippen molar-refractivity contribution in [1.29, 1.82) is 0 Å². The van der Waals surface area contributed by atoms with E-state index in [4.69, 9.17) is 22.4 Å². The van der Waals surface area contributed by atoms with E-state index in [2.05, 4.69) is 0 Å². The summed E-state index contributed by atoms with van der Waals surface area (Å²) in [5.74, 6) is 0. The molecule has 4 N–H and O–H groups in total. The highest BCUT2D eigenvalue weighted by Crippen LogP contribution is 1.82. The van der Waals surface area contributed by atoms with Crippen LogP contribution in [-0.4, -0.2) is 6.14 Å². The van der Waals surface area contributed by atoms with E-state index < -0.39 is 25.7 Å². The Morgan fingerprint density at radius 1 is 2.17 bits per heavy atom. The average Bonchev–Trinajstić information content (AvgIpc) is 1.81. The molecule has 0 aliphatic heterocycles. The predicted molar refractivity (Wildman–Crippen MR) is 27.1 cm³/mol. The summed E-state index contributed by atoms with van der Waals surface area (Å²) in [6.07, 6.45) is -9.29. The van der Waals surface area contributed by atoms with Gasteiger partial charge < -0.3 is 11.5 Å². The molecule has 0 bridgehead atoms. The minimum Gasteiger partial charge on any atom is -0.316 e. The van der Waals surface area contributed by atoms with Crippen molar-refractivity contribution in [2.24, 2.45) is 11.5 Å². The molecule has 0 aliphatic rings. The Balaban J connectivity index is 5.30. The van der Waals surface area contributed by atoms with Gasteiger partial charge in [0.1, 0.15) is 0 Å². The third kappa shape index (κ3) is 3.92. The van der Waals surface area contributed by atoms with Crippen molar-refractivity contribution in [1.82, 2.24) is 0 Å². The molecule has 0 fully saturated rings. The van der Waals surface area contributed by atoms with Crippen LogP contribution in [0, 0.1) is 0 Å². The van der Waals surface area contributed by atoms with Crippen molar-refractivity contribution < 1.29 is 11.0 Å². The monoisotopic (exact) mass is 96.2 g/mol. The van der Waals surface area contributed by atoms with Crippen LogP contribution in [0.4, 0.5) is 0 Å². The molecule has 6 heavy (non-hydrogen) atoms. The van der Waals surface area contributed by atoms with Gasteiger partial charge in [0.2, 0.25) is 0 Å². The van der Waals surface area contributed by atoms with Crippen molar-refractivity contribution in [2.45, 2.75) is 25.7 Å². The van der Waals surface area contributed by atoms with E-state index in [0.29, 0.717) is 0 Å². The molecule has 0 amide bonds. The number of rotatable bonds is 2. The quantitative estimate of drug-likeness (QED) is 0.476. The minimum absolute atomic E-state index is 2.81. The molecule has 2 heteroatoms. The summed E-state index contributed by atoms with van der Waals surface area (Å²) in [7, 11) is 0. The third-order valence-corrected chi connectivity index (χ3v) is 0.207. The van der Waals surface area contributed by atoms with Crippen molar-refractivity contribution in [2.75, 3.05) is 0 Å². The van der Waals surface area contributed by atoms with E-state index in [9.17, 15) is 0 Å². The zero-order valence-corrected chi connectivity index (χ0v) is 3.15. The first-order chi connectivity index (χ1) is 5.75. The molecule has 0 aliphatic carbocycles. The molecule has 0 saturated heterocycles. The van der Waals surface area contributed by atoms with E-state index in [-0.39, 0.29) is 0 Å². The van der Waals surface area contributed by atoms with Crippen molar-refractivity contribution in [3.8, 4) is 0 Å². The Labute approximate surface area is 49.8 Å². The predicted octanol–water partition coefficient (Wildman–Crippen LogP) is 0.0300. The highest BCUT2D eigenvalue weighted by atomic mass is 14.8. The fourth-order valence-corrected chi connectivity index (χ4v) is 0.0722. The summed E-state index contributed by atoms with van der Waals surface area (Å²) < 4.78 is 55.8. The Kier molecular flexibility index (Phi) is 0.447. The van der Waals surface area contributed by atoms with E-state index in [1.807, 2.05) is 0 Å². The Hall–Kier alpha value is -0.0800. The van der Waals surface area contributed by atoms with Crippen LogP contribution < -0.4 is 11.5 Å². The molecule has 0 heterocycles. The van der Waals surface area contributed by atoms with Gasteiger partial charge in [-0.1, -0.05) is 13.2 Å². The summed E-state index contributed by atoms with van der Waals surface area (Å²) in [5, 5.41) is 0. The maximum absolute atomic E-state index is 7.13. The van der Waals surface area contributed by atoms with E-state index in [1.54, 1.807) is 0 Å². The lowest BCUT2D eigenvalue weighted by Gasteiger charge is -1.97. The normalized spacial score (nSPS) is 38.3. The summed E-state index contributed by atoms with van der Waals surface area (Å²) in [6, 6.07) is 0.